The van der Waals surface area contributed by atoms with Gasteiger partial charge in [0.15, 0.2) is 0 Å². The van der Waals surface area contributed by atoms with E-state index in [2.05, 4.69) is 5.32 Å². The van der Waals surface area contributed by atoms with Crippen molar-refractivity contribution in [2.24, 2.45) is 5.92 Å². The number of hydrogen-bond donors (Lipinski definition) is 1. The second kappa shape index (κ2) is 8.31. The Morgan fingerprint density at radius 3 is 3.08 bits per heavy atom. The van der Waals surface area contributed by atoms with Crippen molar-refractivity contribution in [3.63, 3.8) is 0 Å². The van der Waals surface area contributed by atoms with Crippen LogP contribution in [-0.4, -0.2) is 25.7 Å². The van der Waals surface area contributed by atoms with Gasteiger partial charge in [-0.15, -0.1) is 11.3 Å². The largest absolute Gasteiger partial charge is 0.493 e. The zero-order valence-electron chi connectivity index (χ0n) is 13.9. The lowest BCUT2D eigenvalue weighted by Gasteiger charge is -2.15. The van der Waals surface area contributed by atoms with Crippen LogP contribution in [0.25, 0.3) is 0 Å². The Morgan fingerprint density at radius 1 is 1.42 bits per heavy atom. The van der Waals surface area contributed by atoms with E-state index in [1.165, 1.54) is 0 Å². The maximum Gasteiger partial charge on any atom is 0.225 e. The van der Waals surface area contributed by atoms with Crippen LogP contribution in [0.3, 0.4) is 0 Å². The summed E-state index contributed by atoms with van der Waals surface area (Å²) in [5, 5.41) is 4.98. The molecule has 0 aliphatic carbocycles. The number of rotatable bonds is 7. The topological polar surface area (TPSA) is 47.6 Å². The minimum Gasteiger partial charge on any atom is -0.493 e. The fourth-order valence-corrected chi connectivity index (χ4v) is 3.40. The van der Waals surface area contributed by atoms with E-state index in [4.69, 9.17) is 9.47 Å². The van der Waals surface area contributed by atoms with Crippen LogP contribution in [0.4, 0.5) is 0 Å². The summed E-state index contributed by atoms with van der Waals surface area (Å²) in [7, 11) is 0. The summed E-state index contributed by atoms with van der Waals surface area (Å²) in [6.45, 7) is 4.80. The molecule has 1 aromatic heterocycles. The first-order valence-electron chi connectivity index (χ1n) is 8.30. The van der Waals surface area contributed by atoms with Crippen molar-refractivity contribution in [3.05, 3.63) is 51.7 Å². The predicted octanol–water partition coefficient (Wildman–Crippen LogP) is 3.33. The molecule has 1 N–H and O–H groups in total. The van der Waals surface area contributed by atoms with Gasteiger partial charge in [-0.05, 0) is 36.4 Å². The van der Waals surface area contributed by atoms with Crippen LogP contribution in [0.1, 0.15) is 22.4 Å². The number of carbonyl (C=O) groups is 1. The Bertz CT molecular complexity index is 663. The summed E-state index contributed by atoms with van der Waals surface area (Å²) >= 11 is 1.60. The second-order valence-electron chi connectivity index (χ2n) is 6.18. The number of carbonyl (C=O) groups excluding carboxylic acids is 1. The minimum atomic E-state index is 0.0353. The molecule has 1 saturated heterocycles. The van der Waals surface area contributed by atoms with E-state index in [9.17, 15) is 4.79 Å². The molecule has 1 aliphatic heterocycles. The van der Waals surface area contributed by atoms with E-state index in [0.717, 1.165) is 41.4 Å². The highest BCUT2D eigenvalue weighted by Crippen LogP contribution is 2.22. The van der Waals surface area contributed by atoms with Gasteiger partial charge in [-0.25, -0.2) is 0 Å². The van der Waals surface area contributed by atoms with Crippen LogP contribution in [0.5, 0.6) is 5.75 Å². The highest BCUT2D eigenvalue weighted by atomic mass is 32.1. The van der Waals surface area contributed by atoms with Crippen LogP contribution in [0.15, 0.2) is 35.7 Å². The third-order valence-electron chi connectivity index (χ3n) is 4.11. The molecule has 0 unspecified atom stereocenters. The molecule has 0 bridgehead atoms. The average molecular weight is 345 g/mol. The summed E-state index contributed by atoms with van der Waals surface area (Å²) < 4.78 is 11.4. The normalized spacial score (nSPS) is 17.0. The van der Waals surface area contributed by atoms with E-state index in [1.807, 2.05) is 42.6 Å². The molecule has 5 heteroatoms. The molecule has 1 amide bonds. The summed E-state index contributed by atoms with van der Waals surface area (Å²) in [4.78, 5) is 13.1. The fourth-order valence-electron chi connectivity index (χ4n) is 2.69. The minimum absolute atomic E-state index is 0.0353. The van der Waals surface area contributed by atoms with Crippen molar-refractivity contribution < 1.29 is 14.3 Å². The highest BCUT2D eigenvalue weighted by molar-refractivity contribution is 7.10. The predicted molar refractivity (Wildman–Crippen MR) is 95.5 cm³/mol. The summed E-state index contributed by atoms with van der Waals surface area (Å²) in [5.74, 6) is 1.36. The van der Waals surface area contributed by atoms with Crippen molar-refractivity contribution in [2.75, 3.05) is 19.8 Å². The second-order valence-corrected chi connectivity index (χ2v) is 7.22. The first kappa shape index (κ1) is 17.0. The summed E-state index contributed by atoms with van der Waals surface area (Å²) in [6, 6.07) is 10.1. The maximum absolute atomic E-state index is 12.1. The van der Waals surface area contributed by atoms with Crippen molar-refractivity contribution in [2.45, 2.75) is 26.3 Å². The number of ether oxygens (including phenoxy) is 2. The van der Waals surface area contributed by atoms with Gasteiger partial charge in [-0.1, -0.05) is 18.2 Å². The highest BCUT2D eigenvalue weighted by Gasteiger charge is 2.17. The van der Waals surface area contributed by atoms with Gasteiger partial charge in [0.25, 0.3) is 0 Å². The van der Waals surface area contributed by atoms with Crippen LogP contribution in [-0.2, 0) is 22.5 Å². The Hall–Kier alpha value is -1.85. The number of thiophene rings is 1. The van der Waals surface area contributed by atoms with E-state index >= 15 is 0 Å². The Morgan fingerprint density at radius 2 is 2.33 bits per heavy atom. The summed E-state index contributed by atoms with van der Waals surface area (Å²) in [5.41, 5.74) is 2.17. The van der Waals surface area contributed by atoms with Crippen molar-refractivity contribution in [3.8, 4) is 5.75 Å². The number of benzene rings is 1. The third kappa shape index (κ3) is 4.82. The molecule has 128 valence electrons. The molecule has 24 heavy (non-hydrogen) atoms. The van der Waals surface area contributed by atoms with E-state index in [1.54, 1.807) is 11.3 Å². The Labute approximate surface area is 146 Å². The lowest BCUT2D eigenvalue weighted by Crippen LogP contribution is -2.24. The Kier molecular flexibility index (Phi) is 5.88. The molecule has 0 saturated carbocycles. The van der Waals surface area contributed by atoms with Gasteiger partial charge >= 0.3 is 0 Å². The van der Waals surface area contributed by atoms with Crippen molar-refractivity contribution in [1.82, 2.24) is 5.32 Å². The van der Waals surface area contributed by atoms with Gasteiger partial charge in [-0.2, -0.15) is 0 Å². The molecule has 0 spiro atoms. The maximum atomic E-state index is 12.1. The molecule has 0 radical (unpaired) electrons. The van der Waals surface area contributed by atoms with Gasteiger partial charge in [0.05, 0.1) is 19.6 Å². The quantitative estimate of drug-likeness (QED) is 0.837. The lowest BCUT2D eigenvalue weighted by molar-refractivity contribution is -0.120. The molecule has 1 aliphatic rings. The molecule has 4 nitrogen and oxygen atoms in total. The number of amides is 1. The molecule has 1 aromatic carbocycles. The fraction of sp³-hybridized carbons (Fsp3) is 0.421. The smallest absolute Gasteiger partial charge is 0.225 e. The van der Waals surface area contributed by atoms with E-state index in [0.29, 0.717) is 25.5 Å². The zero-order chi connectivity index (χ0) is 16.8. The molecular formula is C19H23NO3S. The molecule has 2 heterocycles. The average Bonchev–Trinajstić information content (AvgIpc) is 3.25. The van der Waals surface area contributed by atoms with Gasteiger partial charge in [0, 0.05) is 29.5 Å². The van der Waals surface area contributed by atoms with Crippen LogP contribution in [0.2, 0.25) is 0 Å². The molecule has 2 aromatic rings. The zero-order valence-corrected chi connectivity index (χ0v) is 14.7. The number of aryl methyl sites for hydroxylation is 1. The Balaban J connectivity index is 1.56. The monoisotopic (exact) mass is 345 g/mol. The summed E-state index contributed by atoms with van der Waals surface area (Å²) in [6.07, 6.45) is 1.48. The lowest BCUT2D eigenvalue weighted by atomic mass is 10.1. The van der Waals surface area contributed by atoms with Gasteiger partial charge in [0.2, 0.25) is 5.91 Å². The van der Waals surface area contributed by atoms with Gasteiger partial charge in [-0.3, -0.25) is 4.79 Å². The van der Waals surface area contributed by atoms with Crippen LogP contribution < -0.4 is 10.1 Å². The standard InChI is InChI=1S/C19H23NO3S/c1-14-4-5-16(11-20-19(21)10-17-3-2-8-24-17)18(9-14)23-13-15-6-7-22-12-15/h2-5,8-9,15H,6-7,10-13H2,1H3,(H,20,21)/t15-/m0/s1. The van der Waals surface area contributed by atoms with Gasteiger partial charge < -0.3 is 14.8 Å². The number of hydrogen-bond acceptors (Lipinski definition) is 4. The third-order valence-corrected chi connectivity index (χ3v) is 4.99. The van der Waals surface area contributed by atoms with Crippen LogP contribution >= 0.6 is 11.3 Å². The van der Waals surface area contributed by atoms with E-state index < -0.39 is 0 Å². The molecule has 1 atom stereocenters. The van der Waals surface area contributed by atoms with Crippen molar-refractivity contribution in [1.29, 1.82) is 0 Å². The van der Waals surface area contributed by atoms with Crippen LogP contribution in [0, 0.1) is 12.8 Å². The SMILES string of the molecule is Cc1ccc(CNC(=O)Cc2cccs2)c(OC[C@H]2CCOC2)c1. The van der Waals surface area contributed by atoms with Crippen molar-refractivity contribution >= 4 is 17.2 Å². The number of nitrogens with one attached hydrogen (secondary N) is 1. The first-order valence-corrected chi connectivity index (χ1v) is 9.18. The molecular weight excluding hydrogens is 322 g/mol. The molecule has 1 fully saturated rings. The van der Waals surface area contributed by atoms with Gasteiger partial charge in [0.1, 0.15) is 5.75 Å². The first-order chi connectivity index (χ1) is 11.7. The molecule has 3 rings (SSSR count). The van der Waals surface area contributed by atoms with E-state index in [-0.39, 0.29) is 5.91 Å².